The van der Waals surface area contributed by atoms with E-state index in [1.807, 2.05) is 24.4 Å². The van der Waals surface area contributed by atoms with Gasteiger partial charge in [-0.1, -0.05) is 42.1 Å². The summed E-state index contributed by atoms with van der Waals surface area (Å²) in [5.41, 5.74) is 6.25. The van der Waals surface area contributed by atoms with E-state index in [1.165, 1.54) is 17.8 Å². The first-order chi connectivity index (χ1) is 13.3. The van der Waals surface area contributed by atoms with E-state index in [2.05, 4.69) is 32.2 Å². The molecule has 0 saturated heterocycles. The molecule has 4 rings (SSSR count). The van der Waals surface area contributed by atoms with Gasteiger partial charge in [0.05, 0.1) is 18.2 Å². The zero-order valence-corrected chi connectivity index (χ0v) is 15.2. The Hall–Kier alpha value is -3.11. The highest BCUT2D eigenvalue weighted by Crippen LogP contribution is 2.26. The number of nitriles is 1. The van der Waals surface area contributed by atoms with Crippen LogP contribution in [-0.2, 0) is 6.54 Å². The molecule has 2 heterocycles. The van der Waals surface area contributed by atoms with Crippen LogP contribution in [-0.4, -0.2) is 21.2 Å². The largest absolute Gasteiger partial charge is 0.346 e. The zero-order valence-electron chi connectivity index (χ0n) is 14.4. The molecule has 0 saturated carbocycles. The number of aliphatic imine (C=N–C) groups is 1. The molecular weight excluding hydrogens is 361 g/mol. The Morgan fingerprint density at radius 1 is 1.22 bits per heavy atom. The third kappa shape index (κ3) is 3.57. The summed E-state index contributed by atoms with van der Waals surface area (Å²) in [6.45, 7) is 0.644. The molecule has 0 fully saturated rings. The molecule has 27 heavy (non-hydrogen) atoms. The second kappa shape index (κ2) is 7.64. The van der Waals surface area contributed by atoms with Crippen LogP contribution >= 0.6 is 11.8 Å². The first-order valence-electron chi connectivity index (χ1n) is 8.50. The second-order valence-corrected chi connectivity index (χ2v) is 6.95. The van der Waals surface area contributed by atoms with Gasteiger partial charge in [0, 0.05) is 35.0 Å². The molecular formula is C20H16FN5S. The smallest absolute Gasteiger partial charge is 0.182 e. The number of hydrazone groups is 1. The van der Waals surface area contributed by atoms with Gasteiger partial charge in [-0.05, 0) is 18.2 Å². The second-order valence-electron chi connectivity index (χ2n) is 5.99. The molecule has 5 nitrogen and oxygen atoms in total. The van der Waals surface area contributed by atoms with E-state index in [9.17, 15) is 4.39 Å². The number of nitrogens with one attached hydrogen (secondary N) is 1. The molecule has 0 aliphatic carbocycles. The number of benzene rings is 2. The van der Waals surface area contributed by atoms with Crippen LogP contribution in [0.5, 0.6) is 0 Å². The van der Waals surface area contributed by atoms with Crippen LogP contribution in [0.2, 0.25) is 0 Å². The van der Waals surface area contributed by atoms with E-state index >= 15 is 0 Å². The van der Waals surface area contributed by atoms with Crippen molar-refractivity contribution >= 4 is 39.2 Å². The van der Waals surface area contributed by atoms with E-state index in [0.717, 1.165) is 22.2 Å². The maximum atomic E-state index is 13.8. The molecule has 3 aromatic rings. The van der Waals surface area contributed by atoms with Gasteiger partial charge in [-0.15, -0.1) is 0 Å². The average molecular weight is 377 g/mol. The van der Waals surface area contributed by atoms with Crippen LogP contribution in [0.15, 0.2) is 64.8 Å². The number of nitrogens with zero attached hydrogens (tertiary/aromatic N) is 4. The summed E-state index contributed by atoms with van der Waals surface area (Å²) in [6.07, 6.45) is 2.50. The van der Waals surface area contributed by atoms with Crippen molar-refractivity contribution in [2.75, 3.05) is 5.75 Å². The van der Waals surface area contributed by atoms with Crippen molar-refractivity contribution < 1.29 is 4.39 Å². The lowest BCUT2D eigenvalue weighted by molar-refractivity contribution is 0.630. The SMILES string of the molecule is N#CCCn1cc(C2=NNC(=Nc3ccccc3F)SC2)c2ccccc21. The van der Waals surface area contributed by atoms with Gasteiger partial charge in [-0.25, -0.2) is 9.38 Å². The number of fused-ring (bicyclic) bond motifs is 1. The molecule has 1 aromatic heterocycles. The lowest BCUT2D eigenvalue weighted by atomic mass is 10.1. The highest BCUT2D eigenvalue weighted by molar-refractivity contribution is 8.14. The summed E-state index contributed by atoms with van der Waals surface area (Å²) >= 11 is 1.49. The molecule has 0 bridgehead atoms. The van der Waals surface area contributed by atoms with Crippen LogP contribution in [0.25, 0.3) is 10.9 Å². The Kier molecular flexibility index (Phi) is 4.90. The number of hydrogen-bond acceptors (Lipinski definition) is 4. The zero-order chi connectivity index (χ0) is 18.6. The van der Waals surface area contributed by atoms with E-state index in [1.54, 1.807) is 18.2 Å². The summed E-state index contributed by atoms with van der Waals surface area (Å²) < 4.78 is 15.8. The van der Waals surface area contributed by atoms with Crippen molar-refractivity contribution in [2.24, 2.45) is 10.1 Å². The summed E-state index contributed by atoms with van der Waals surface area (Å²) in [5.74, 6) is 0.273. The number of para-hydroxylation sites is 2. The molecule has 0 radical (unpaired) electrons. The molecule has 0 unspecified atom stereocenters. The monoisotopic (exact) mass is 377 g/mol. The van der Waals surface area contributed by atoms with Crippen molar-refractivity contribution in [3.63, 3.8) is 0 Å². The van der Waals surface area contributed by atoms with Crippen LogP contribution in [0, 0.1) is 17.1 Å². The Morgan fingerprint density at radius 2 is 2.04 bits per heavy atom. The maximum absolute atomic E-state index is 13.8. The van der Waals surface area contributed by atoms with Gasteiger partial charge in [0.2, 0.25) is 0 Å². The van der Waals surface area contributed by atoms with Crippen molar-refractivity contribution in [1.82, 2.24) is 9.99 Å². The van der Waals surface area contributed by atoms with Gasteiger partial charge in [0.1, 0.15) is 11.5 Å². The Balaban J connectivity index is 1.63. The molecule has 7 heteroatoms. The van der Waals surface area contributed by atoms with Crippen LogP contribution in [0.4, 0.5) is 10.1 Å². The van der Waals surface area contributed by atoms with E-state index in [4.69, 9.17) is 5.26 Å². The third-order valence-corrected chi connectivity index (χ3v) is 5.14. The number of thioether (sulfide) groups is 1. The van der Waals surface area contributed by atoms with Crippen LogP contribution in [0.1, 0.15) is 12.0 Å². The van der Waals surface area contributed by atoms with Gasteiger partial charge in [-0.3, -0.25) is 5.43 Å². The predicted octanol–water partition coefficient (Wildman–Crippen LogP) is 4.42. The topological polar surface area (TPSA) is 65.5 Å². The minimum atomic E-state index is -0.359. The first kappa shape index (κ1) is 17.3. The summed E-state index contributed by atoms with van der Waals surface area (Å²) in [4.78, 5) is 4.30. The van der Waals surface area contributed by atoms with Crippen molar-refractivity contribution in [1.29, 1.82) is 5.26 Å². The lowest BCUT2D eigenvalue weighted by Gasteiger charge is -2.14. The molecule has 2 aromatic carbocycles. The number of aromatic nitrogens is 1. The lowest BCUT2D eigenvalue weighted by Crippen LogP contribution is -2.25. The number of rotatable bonds is 4. The number of hydrogen-bond donors (Lipinski definition) is 1. The Bertz CT molecular complexity index is 1090. The van der Waals surface area contributed by atoms with Crippen molar-refractivity contribution in [2.45, 2.75) is 13.0 Å². The predicted molar refractivity (Wildman–Crippen MR) is 108 cm³/mol. The normalized spacial score (nSPS) is 15.4. The van der Waals surface area contributed by atoms with Crippen LogP contribution < -0.4 is 5.43 Å². The van der Waals surface area contributed by atoms with E-state index < -0.39 is 0 Å². The van der Waals surface area contributed by atoms with Gasteiger partial charge < -0.3 is 4.57 Å². The fourth-order valence-corrected chi connectivity index (χ4v) is 3.76. The van der Waals surface area contributed by atoms with Crippen molar-refractivity contribution in [3.8, 4) is 6.07 Å². The maximum Gasteiger partial charge on any atom is 0.182 e. The minimum absolute atomic E-state index is 0.291. The molecule has 0 spiro atoms. The van der Waals surface area contributed by atoms with E-state index in [-0.39, 0.29) is 5.82 Å². The summed E-state index contributed by atoms with van der Waals surface area (Å²) in [7, 11) is 0. The minimum Gasteiger partial charge on any atom is -0.346 e. The fraction of sp³-hybridized carbons (Fsp3) is 0.150. The standard InChI is InChI=1S/C20H16FN5S/c21-16-7-2-3-8-17(16)23-20-25-24-18(13-27-20)15-12-26(11-5-10-22)19-9-4-1-6-14(15)19/h1-4,6-9,12H,5,11,13H2,(H,23,25). The highest BCUT2D eigenvalue weighted by Gasteiger charge is 2.18. The fourth-order valence-electron chi connectivity index (χ4n) is 3.00. The van der Waals surface area contributed by atoms with Gasteiger partial charge in [0.25, 0.3) is 0 Å². The van der Waals surface area contributed by atoms with Gasteiger partial charge in [0.15, 0.2) is 5.17 Å². The average Bonchev–Trinajstić information content (AvgIpc) is 3.07. The number of amidine groups is 1. The van der Waals surface area contributed by atoms with Crippen molar-refractivity contribution in [3.05, 3.63) is 66.1 Å². The highest BCUT2D eigenvalue weighted by atomic mass is 32.2. The Morgan fingerprint density at radius 3 is 2.81 bits per heavy atom. The molecule has 134 valence electrons. The first-order valence-corrected chi connectivity index (χ1v) is 9.48. The molecule has 1 aliphatic rings. The summed E-state index contributed by atoms with van der Waals surface area (Å²) in [5, 5.41) is 15.0. The number of halogens is 1. The van der Waals surface area contributed by atoms with Gasteiger partial charge in [-0.2, -0.15) is 10.4 Å². The molecule has 0 amide bonds. The molecule has 1 N–H and O–H groups in total. The Labute approximate surface area is 160 Å². The van der Waals surface area contributed by atoms with E-state index in [0.29, 0.717) is 29.6 Å². The van der Waals surface area contributed by atoms with Gasteiger partial charge >= 0.3 is 0 Å². The quantitative estimate of drug-likeness (QED) is 0.732. The molecule has 1 aliphatic heterocycles. The molecule has 0 atom stereocenters. The van der Waals surface area contributed by atoms with Crippen LogP contribution in [0.3, 0.4) is 0 Å². The summed E-state index contributed by atoms with van der Waals surface area (Å²) in [6, 6.07) is 16.7. The third-order valence-electron chi connectivity index (χ3n) is 4.27. The number of aryl methyl sites for hydroxylation is 1.